The summed E-state index contributed by atoms with van der Waals surface area (Å²) in [7, 11) is 1.09. The van der Waals surface area contributed by atoms with E-state index < -0.39 is 30.2 Å². The standard InChI is InChI=1S/C11H14O6/c1-3-7(5-12)8(4-10(14)15)9(6-13)11(16)17-2/h3,5-6,8-9H,4H2,1-2H3,(H,14,15). The van der Waals surface area contributed by atoms with Crippen molar-refractivity contribution in [2.75, 3.05) is 7.11 Å². The highest BCUT2D eigenvalue weighted by Gasteiger charge is 2.33. The van der Waals surface area contributed by atoms with E-state index in [0.29, 0.717) is 12.6 Å². The van der Waals surface area contributed by atoms with Crippen molar-refractivity contribution in [2.45, 2.75) is 13.3 Å². The summed E-state index contributed by atoms with van der Waals surface area (Å²) >= 11 is 0. The van der Waals surface area contributed by atoms with Gasteiger partial charge in [0.05, 0.1) is 13.5 Å². The molecule has 1 N–H and O–H groups in total. The van der Waals surface area contributed by atoms with Crippen molar-refractivity contribution >= 4 is 24.5 Å². The van der Waals surface area contributed by atoms with E-state index >= 15 is 0 Å². The van der Waals surface area contributed by atoms with Gasteiger partial charge in [-0.2, -0.15) is 0 Å². The minimum absolute atomic E-state index is 0.0925. The molecule has 94 valence electrons. The summed E-state index contributed by atoms with van der Waals surface area (Å²) in [4.78, 5) is 43.6. The highest BCUT2D eigenvalue weighted by atomic mass is 16.5. The quantitative estimate of drug-likeness (QED) is 0.296. The molecule has 0 saturated carbocycles. The second-order valence-electron chi connectivity index (χ2n) is 3.30. The number of hydrogen-bond acceptors (Lipinski definition) is 5. The molecule has 0 aromatic heterocycles. The smallest absolute Gasteiger partial charge is 0.316 e. The number of carbonyl (C=O) groups is 4. The zero-order valence-corrected chi connectivity index (χ0v) is 9.58. The van der Waals surface area contributed by atoms with E-state index in [1.54, 1.807) is 0 Å². The number of ether oxygens (including phenoxy) is 1. The van der Waals surface area contributed by atoms with E-state index in [-0.39, 0.29) is 5.57 Å². The monoisotopic (exact) mass is 242 g/mol. The average Bonchev–Trinajstić information content (AvgIpc) is 2.30. The predicted octanol–water partition coefficient (Wildman–Crippen LogP) is 0.211. The van der Waals surface area contributed by atoms with Gasteiger partial charge in [0.25, 0.3) is 0 Å². The van der Waals surface area contributed by atoms with Gasteiger partial charge in [0.15, 0.2) is 0 Å². The summed E-state index contributed by atoms with van der Waals surface area (Å²) in [6.45, 7) is 1.53. The summed E-state index contributed by atoms with van der Waals surface area (Å²) in [5.74, 6) is -4.34. The van der Waals surface area contributed by atoms with Crippen molar-refractivity contribution in [3.63, 3.8) is 0 Å². The molecular formula is C11H14O6. The van der Waals surface area contributed by atoms with Gasteiger partial charge in [0, 0.05) is 5.92 Å². The third-order valence-corrected chi connectivity index (χ3v) is 2.35. The first-order chi connectivity index (χ1) is 8.01. The van der Waals surface area contributed by atoms with Gasteiger partial charge in [-0.1, -0.05) is 6.08 Å². The van der Waals surface area contributed by atoms with Crippen LogP contribution in [0.15, 0.2) is 11.6 Å². The summed E-state index contributed by atoms with van der Waals surface area (Å²) in [6.07, 6.45) is 1.62. The van der Waals surface area contributed by atoms with E-state index in [0.717, 1.165) is 7.11 Å². The van der Waals surface area contributed by atoms with Gasteiger partial charge in [0.2, 0.25) is 0 Å². The van der Waals surface area contributed by atoms with Crippen LogP contribution in [0, 0.1) is 11.8 Å². The Bertz CT molecular complexity index is 344. The van der Waals surface area contributed by atoms with Gasteiger partial charge in [-0.15, -0.1) is 0 Å². The predicted molar refractivity (Wildman–Crippen MR) is 57.1 cm³/mol. The molecule has 6 nitrogen and oxygen atoms in total. The Morgan fingerprint density at radius 3 is 2.24 bits per heavy atom. The van der Waals surface area contributed by atoms with Crippen LogP contribution in [0.4, 0.5) is 0 Å². The highest BCUT2D eigenvalue weighted by Crippen LogP contribution is 2.23. The van der Waals surface area contributed by atoms with Crippen molar-refractivity contribution < 1.29 is 29.0 Å². The molecule has 6 heteroatoms. The van der Waals surface area contributed by atoms with Gasteiger partial charge in [-0.3, -0.25) is 14.4 Å². The lowest BCUT2D eigenvalue weighted by Gasteiger charge is -2.19. The molecule has 0 aliphatic carbocycles. The number of esters is 1. The third kappa shape index (κ3) is 4.18. The average molecular weight is 242 g/mol. The third-order valence-electron chi connectivity index (χ3n) is 2.35. The Labute approximate surface area is 98.3 Å². The molecule has 0 aliphatic rings. The SMILES string of the molecule is CC=C(C=O)C(CC(=O)O)C(C=O)C(=O)OC. The normalized spacial score (nSPS) is 14.6. The Kier molecular flexibility index (Phi) is 6.47. The van der Waals surface area contributed by atoms with Crippen LogP contribution in [0.2, 0.25) is 0 Å². The number of carboxylic acid groups (broad SMARTS) is 1. The van der Waals surface area contributed by atoms with Crippen LogP contribution in [0.5, 0.6) is 0 Å². The van der Waals surface area contributed by atoms with Crippen molar-refractivity contribution in [1.82, 2.24) is 0 Å². The van der Waals surface area contributed by atoms with Gasteiger partial charge >= 0.3 is 11.9 Å². The lowest BCUT2D eigenvalue weighted by Crippen LogP contribution is -2.30. The van der Waals surface area contributed by atoms with Crippen LogP contribution < -0.4 is 0 Å². The van der Waals surface area contributed by atoms with Gasteiger partial charge in [-0.25, -0.2) is 0 Å². The van der Waals surface area contributed by atoms with Crippen LogP contribution in [-0.4, -0.2) is 36.7 Å². The highest BCUT2D eigenvalue weighted by molar-refractivity contribution is 5.91. The molecular weight excluding hydrogens is 228 g/mol. The van der Waals surface area contributed by atoms with E-state index in [1.165, 1.54) is 13.0 Å². The molecule has 0 heterocycles. The van der Waals surface area contributed by atoms with Gasteiger partial charge in [0.1, 0.15) is 18.5 Å². The minimum Gasteiger partial charge on any atom is -0.481 e. The molecule has 0 bridgehead atoms. The zero-order chi connectivity index (χ0) is 13.4. The van der Waals surface area contributed by atoms with Crippen molar-refractivity contribution in [2.24, 2.45) is 11.8 Å². The fraction of sp³-hybridized carbons (Fsp3) is 0.455. The number of allylic oxidation sites excluding steroid dienone is 2. The Balaban J connectivity index is 5.26. The van der Waals surface area contributed by atoms with Crippen LogP contribution in [0.25, 0.3) is 0 Å². The summed E-state index contributed by atoms with van der Waals surface area (Å²) in [6, 6.07) is 0. The van der Waals surface area contributed by atoms with Gasteiger partial charge in [-0.05, 0) is 12.5 Å². The van der Waals surface area contributed by atoms with Crippen molar-refractivity contribution in [1.29, 1.82) is 0 Å². The maximum Gasteiger partial charge on any atom is 0.316 e. The lowest BCUT2D eigenvalue weighted by atomic mass is 9.84. The number of aliphatic carboxylic acids is 1. The summed E-state index contributed by atoms with van der Waals surface area (Å²) < 4.78 is 4.40. The minimum atomic E-state index is -1.28. The van der Waals surface area contributed by atoms with Crippen LogP contribution in [0.1, 0.15) is 13.3 Å². The number of rotatable bonds is 7. The maximum atomic E-state index is 11.3. The maximum absolute atomic E-state index is 11.3. The Morgan fingerprint density at radius 1 is 1.35 bits per heavy atom. The number of aldehydes is 2. The molecule has 0 aromatic carbocycles. The molecule has 0 spiro atoms. The van der Waals surface area contributed by atoms with Crippen molar-refractivity contribution in [3.8, 4) is 0 Å². The molecule has 17 heavy (non-hydrogen) atoms. The Morgan fingerprint density at radius 2 is 1.94 bits per heavy atom. The van der Waals surface area contributed by atoms with E-state index in [1.807, 2.05) is 0 Å². The summed E-state index contributed by atoms with van der Waals surface area (Å²) in [5.41, 5.74) is 0.0925. The van der Waals surface area contributed by atoms with E-state index in [2.05, 4.69) is 4.74 Å². The first-order valence-electron chi connectivity index (χ1n) is 4.88. The molecule has 0 rings (SSSR count). The van der Waals surface area contributed by atoms with Crippen LogP contribution in [0.3, 0.4) is 0 Å². The van der Waals surface area contributed by atoms with E-state index in [9.17, 15) is 19.2 Å². The molecule has 0 aliphatic heterocycles. The largest absolute Gasteiger partial charge is 0.481 e. The summed E-state index contributed by atoms with van der Waals surface area (Å²) in [5, 5.41) is 8.71. The number of carboxylic acids is 1. The fourth-order valence-corrected chi connectivity index (χ4v) is 1.46. The molecule has 2 unspecified atom stereocenters. The topological polar surface area (TPSA) is 97.7 Å². The molecule has 0 aromatic rings. The number of hydrogen-bond donors (Lipinski definition) is 1. The fourth-order valence-electron chi connectivity index (χ4n) is 1.46. The molecule has 2 atom stereocenters. The van der Waals surface area contributed by atoms with Crippen molar-refractivity contribution in [3.05, 3.63) is 11.6 Å². The molecule has 0 saturated heterocycles. The van der Waals surface area contributed by atoms with Gasteiger partial charge < -0.3 is 14.6 Å². The zero-order valence-electron chi connectivity index (χ0n) is 9.58. The molecule has 0 amide bonds. The second kappa shape index (κ2) is 7.32. The first-order valence-corrected chi connectivity index (χ1v) is 4.88. The van der Waals surface area contributed by atoms with Crippen LogP contribution in [-0.2, 0) is 23.9 Å². The molecule has 0 radical (unpaired) electrons. The molecule has 0 fully saturated rings. The van der Waals surface area contributed by atoms with Crippen LogP contribution >= 0.6 is 0 Å². The van der Waals surface area contributed by atoms with E-state index in [4.69, 9.17) is 5.11 Å². The lowest BCUT2D eigenvalue weighted by molar-refractivity contribution is -0.149. The number of methoxy groups -OCH3 is 1. The number of carbonyl (C=O) groups excluding carboxylic acids is 3. The Hall–Kier alpha value is -1.98. The first kappa shape index (κ1) is 15.0. The second-order valence-corrected chi connectivity index (χ2v) is 3.30.